The van der Waals surface area contributed by atoms with Crippen molar-refractivity contribution in [1.82, 2.24) is 0 Å². The molecule has 0 fully saturated rings. The molecule has 0 aliphatic carbocycles. The van der Waals surface area contributed by atoms with Crippen molar-refractivity contribution in [2.45, 2.75) is 6.92 Å². The van der Waals surface area contributed by atoms with Crippen LogP contribution in [0, 0.1) is 5.89 Å². The number of thioether (sulfide) groups is 1. The number of carboxylic acid groups (broad SMARTS) is 1. The average molecular weight is 135 g/mol. The van der Waals surface area contributed by atoms with Gasteiger partial charge in [0.15, 0.2) is 0 Å². The molecule has 1 unspecified atom stereocenters. The van der Waals surface area contributed by atoms with Crippen LogP contribution in [0.15, 0.2) is 0 Å². The van der Waals surface area contributed by atoms with Crippen LogP contribution in [0.2, 0.25) is 0 Å². The molecule has 0 aliphatic rings. The molecule has 0 rings (SSSR count). The molecule has 8 heavy (non-hydrogen) atoms. The van der Waals surface area contributed by atoms with Gasteiger partial charge < -0.3 is 5.11 Å². The van der Waals surface area contributed by atoms with E-state index in [1.54, 1.807) is 6.26 Å². The molecule has 2 nitrogen and oxygen atoms in total. The van der Waals surface area contributed by atoms with Gasteiger partial charge in [0.25, 0.3) is 0 Å². The number of hydrogen-bond acceptors (Lipinski definition) is 2. The van der Waals surface area contributed by atoms with Gasteiger partial charge in [-0.25, -0.2) is 0 Å². The van der Waals surface area contributed by atoms with Gasteiger partial charge in [-0.15, -0.1) is 0 Å². The quantitative estimate of drug-likeness (QED) is 0.629. The Balaban J connectivity index is 3.85. The van der Waals surface area contributed by atoms with E-state index in [9.17, 15) is 4.79 Å². The summed E-state index contributed by atoms with van der Waals surface area (Å²) in [7, 11) is 0. The molecule has 1 N–H and O–H groups in total. The summed E-state index contributed by atoms with van der Waals surface area (Å²) in [6.45, 7) is 1.39. The van der Waals surface area contributed by atoms with E-state index in [0.717, 1.165) is 0 Å². The van der Waals surface area contributed by atoms with E-state index in [1.165, 1.54) is 18.7 Å². The summed E-state index contributed by atoms with van der Waals surface area (Å²) in [6, 6.07) is 0. The van der Waals surface area contributed by atoms with Crippen LogP contribution >= 0.6 is 11.8 Å². The van der Waals surface area contributed by atoms with Gasteiger partial charge in [0.2, 0.25) is 0 Å². The first-order valence-corrected chi connectivity index (χ1v) is 3.62. The topological polar surface area (TPSA) is 37.3 Å². The Bertz CT molecular complexity index is 114. The molecule has 0 heterocycles. The van der Waals surface area contributed by atoms with Crippen molar-refractivity contribution in [3.05, 3.63) is 0 Å². The third-order valence-electron chi connectivity index (χ3n) is 0.726. The second-order valence-corrected chi connectivity index (χ2v) is 2.38. The van der Waals surface area contributed by atoms with Crippen molar-refractivity contribution in [2.75, 3.05) is 12.0 Å². The molecule has 1 atom stereocenters. The standard InChI is InChI=1S/C5H10O2S/c1-4(3-8-2)5(6)7/h4H,3H2,1-2H3,(H,6,7)/i4D. The van der Waals surface area contributed by atoms with Gasteiger partial charge in [-0.3, -0.25) is 4.79 Å². The summed E-state index contributed by atoms with van der Waals surface area (Å²) in [4.78, 5) is 10.2. The van der Waals surface area contributed by atoms with E-state index in [1.807, 2.05) is 0 Å². The van der Waals surface area contributed by atoms with Crippen LogP contribution in [0.4, 0.5) is 0 Å². The molecule has 0 saturated heterocycles. The lowest BCUT2D eigenvalue weighted by Gasteiger charge is -1.99. The predicted molar refractivity (Wildman–Crippen MR) is 35.2 cm³/mol. The maximum atomic E-state index is 10.2. The highest BCUT2D eigenvalue weighted by Crippen LogP contribution is 2.02. The molecule has 3 heteroatoms. The monoisotopic (exact) mass is 135 g/mol. The minimum atomic E-state index is -1.32. The zero-order valence-corrected chi connectivity index (χ0v) is 5.79. The maximum absolute atomic E-state index is 10.2. The number of hydrogen-bond donors (Lipinski definition) is 1. The summed E-state index contributed by atoms with van der Waals surface area (Å²) in [5.74, 6) is -2.04. The van der Waals surface area contributed by atoms with Crippen LogP contribution in [-0.2, 0) is 4.79 Å². The molecule has 0 spiro atoms. The zero-order chi connectivity index (χ0) is 7.49. The van der Waals surface area contributed by atoms with Gasteiger partial charge in [0.05, 0.1) is 5.89 Å². The third-order valence-corrected chi connectivity index (χ3v) is 1.45. The third kappa shape index (κ3) is 2.91. The molecule has 0 radical (unpaired) electrons. The fourth-order valence-electron chi connectivity index (χ4n) is 0.278. The van der Waals surface area contributed by atoms with Crippen LogP contribution in [-0.4, -0.2) is 23.1 Å². The van der Waals surface area contributed by atoms with Gasteiger partial charge in [0, 0.05) is 7.12 Å². The highest BCUT2D eigenvalue weighted by atomic mass is 32.2. The molecule has 0 aliphatic heterocycles. The highest BCUT2D eigenvalue weighted by Gasteiger charge is 2.07. The van der Waals surface area contributed by atoms with Crippen molar-refractivity contribution in [3.63, 3.8) is 0 Å². The van der Waals surface area contributed by atoms with Crippen molar-refractivity contribution in [2.24, 2.45) is 5.89 Å². The molecule has 48 valence electrons. The highest BCUT2D eigenvalue weighted by molar-refractivity contribution is 7.98. The van der Waals surface area contributed by atoms with E-state index >= 15 is 0 Å². The fourth-order valence-corrected chi connectivity index (χ4v) is 0.835. The lowest BCUT2D eigenvalue weighted by Crippen LogP contribution is -2.11. The van der Waals surface area contributed by atoms with E-state index in [-0.39, 0.29) is 0 Å². The molecule has 0 saturated carbocycles. The SMILES string of the molecule is [2H]C(C)(CSC)C(=O)O. The Morgan fingerprint density at radius 1 is 2.12 bits per heavy atom. The average Bonchev–Trinajstić information content (AvgIpc) is 1.65. The van der Waals surface area contributed by atoms with Crippen LogP contribution < -0.4 is 0 Å². The van der Waals surface area contributed by atoms with Crippen molar-refractivity contribution < 1.29 is 11.3 Å². The van der Waals surface area contributed by atoms with E-state index in [0.29, 0.717) is 5.75 Å². The fraction of sp³-hybridized carbons (Fsp3) is 0.800. The number of aliphatic carboxylic acids is 1. The largest absolute Gasteiger partial charge is 0.481 e. The molecule has 0 aromatic rings. The minimum absolute atomic E-state index is 0.336. The normalized spacial score (nSPS) is 19.0. The van der Waals surface area contributed by atoms with Gasteiger partial charge in [0.1, 0.15) is 0 Å². The lowest BCUT2D eigenvalue weighted by atomic mass is 10.2. The first-order valence-electron chi connectivity index (χ1n) is 2.73. The second kappa shape index (κ2) is 3.78. The van der Waals surface area contributed by atoms with Gasteiger partial charge in [-0.2, -0.15) is 11.8 Å². The zero-order valence-electron chi connectivity index (χ0n) is 5.97. The molecular weight excluding hydrogens is 124 g/mol. The number of rotatable bonds is 3. The first kappa shape index (κ1) is 5.95. The number of carbonyl (C=O) groups is 1. The summed E-state index contributed by atoms with van der Waals surface area (Å²) in [5.41, 5.74) is 0. The van der Waals surface area contributed by atoms with Gasteiger partial charge >= 0.3 is 5.97 Å². The second-order valence-electron chi connectivity index (χ2n) is 1.52. The van der Waals surface area contributed by atoms with Crippen molar-refractivity contribution in [3.8, 4) is 0 Å². The number of carboxylic acids is 1. The maximum Gasteiger partial charge on any atom is 0.307 e. The molecule has 0 aromatic heterocycles. The summed E-state index contributed by atoms with van der Waals surface area (Å²) in [6.07, 6.45) is 1.79. The van der Waals surface area contributed by atoms with E-state index < -0.39 is 11.9 Å². The van der Waals surface area contributed by atoms with Crippen molar-refractivity contribution >= 4 is 17.7 Å². The predicted octanol–water partition coefficient (Wildman–Crippen LogP) is 1.07. The Hall–Kier alpha value is -0.180. The van der Waals surface area contributed by atoms with Crippen LogP contribution in [0.1, 0.15) is 8.29 Å². The molecule has 0 amide bonds. The minimum Gasteiger partial charge on any atom is -0.481 e. The smallest absolute Gasteiger partial charge is 0.307 e. The van der Waals surface area contributed by atoms with Crippen LogP contribution in [0.3, 0.4) is 0 Å². The van der Waals surface area contributed by atoms with Crippen molar-refractivity contribution in [1.29, 1.82) is 0 Å². The Labute approximate surface area is 54.7 Å². The Kier molecular flexibility index (Phi) is 2.81. The van der Waals surface area contributed by atoms with Crippen LogP contribution in [0.5, 0.6) is 0 Å². The molecular formula is C5H10O2S. The molecule has 0 bridgehead atoms. The Morgan fingerprint density at radius 2 is 2.62 bits per heavy atom. The Morgan fingerprint density at radius 3 is 2.75 bits per heavy atom. The summed E-state index contributed by atoms with van der Waals surface area (Å²) in [5, 5.41) is 8.37. The van der Waals surface area contributed by atoms with E-state index in [4.69, 9.17) is 6.48 Å². The van der Waals surface area contributed by atoms with Gasteiger partial charge in [-0.1, -0.05) is 6.92 Å². The summed E-state index contributed by atoms with van der Waals surface area (Å²) >= 11 is 1.37. The van der Waals surface area contributed by atoms with E-state index in [2.05, 4.69) is 0 Å². The molecule has 0 aromatic carbocycles. The van der Waals surface area contributed by atoms with Crippen LogP contribution in [0.25, 0.3) is 0 Å². The van der Waals surface area contributed by atoms with Gasteiger partial charge in [-0.05, 0) is 6.26 Å². The first-order chi connectivity index (χ1) is 4.00. The lowest BCUT2D eigenvalue weighted by molar-refractivity contribution is -0.140. The summed E-state index contributed by atoms with van der Waals surface area (Å²) < 4.78 is 7.16.